The van der Waals surface area contributed by atoms with Crippen molar-refractivity contribution in [1.82, 2.24) is 9.88 Å². The third-order valence-electron chi connectivity index (χ3n) is 5.37. The van der Waals surface area contributed by atoms with Gasteiger partial charge in [-0.1, -0.05) is 6.07 Å². The minimum absolute atomic E-state index is 0.00799. The lowest BCUT2D eigenvalue weighted by Crippen LogP contribution is -2.26. The maximum Gasteiger partial charge on any atom is 0.183 e. The summed E-state index contributed by atoms with van der Waals surface area (Å²) in [5, 5.41) is -0.368. The number of hydrogen-bond acceptors (Lipinski definition) is 5. The fourth-order valence-electron chi connectivity index (χ4n) is 4.17. The van der Waals surface area contributed by atoms with E-state index in [9.17, 15) is 8.42 Å². The van der Waals surface area contributed by atoms with Crippen LogP contribution in [0.25, 0.3) is 11.3 Å². The second-order valence-corrected chi connectivity index (χ2v) is 9.07. The van der Waals surface area contributed by atoms with Crippen molar-refractivity contribution in [3.05, 3.63) is 72.2 Å². The van der Waals surface area contributed by atoms with E-state index in [0.29, 0.717) is 18.0 Å². The minimum Gasteiger partial charge on any atom is -0.464 e. The molecule has 2 aliphatic heterocycles. The lowest BCUT2D eigenvalue weighted by Gasteiger charge is -2.16. The molecule has 5 rings (SSSR count). The summed E-state index contributed by atoms with van der Waals surface area (Å²) in [6.07, 6.45) is 3.40. The Bertz CT molecular complexity index is 1050. The van der Waals surface area contributed by atoms with Crippen molar-refractivity contribution in [3.63, 3.8) is 0 Å². The van der Waals surface area contributed by atoms with Gasteiger partial charge < -0.3 is 4.42 Å². The van der Waals surface area contributed by atoms with Gasteiger partial charge >= 0.3 is 0 Å². The molecule has 3 aromatic rings. The van der Waals surface area contributed by atoms with Gasteiger partial charge in [0.2, 0.25) is 0 Å². The molecule has 0 aliphatic carbocycles. The molecule has 1 fully saturated rings. The molecular formula is C20H18N2O3S. The van der Waals surface area contributed by atoms with Crippen LogP contribution in [0, 0.1) is 0 Å². The Morgan fingerprint density at radius 2 is 2.04 bits per heavy atom. The highest BCUT2D eigenvalue weighted by Crippen LogP contribution is 2.46. The normalized spacial score (nSPS) is 23.7. The molecule has 0 amide bonds. The van der Waals surface area contributed by atoms with Gasteiger partial charge in [-0.25, -0.2) is 8.42 Å². The summed E-state index contributed by atoms with van der Waals surface area (Å²) < 4.78 is 31.5. The Labute approximate surface area is 152 Å². The van der Waals surface area contributed by atoms with Crippen LogP contribution in [0.1, 0.15) is 17.2 Å². The highest BCUT2D eigenvalue weighted by molar-refractivity contribution is 7.92. The molecule has 0 unspecified atom stereocenters. The zero-order valence-electron chi connectivity index (χ0n) is 14.1. The first-order valence-corrected chi connectivity index (χ1v) is 10.2. The van der Waals surface area contributed by atoms with Gasteiger partial charge in [-0.05, 0) is 48.0 Å². The average molecular weight is 366 g/mol. The smallest absolute Gasteiger partial charge is 0.183 e. The van der Waals surface area contributed by atoms with Gasteiger partial charge in [-0.3, -0.25) is 9.88 Å². The summed E-state index contributed by atoms with van der Waals surface area (Å²) in [4.78, 5) is 7.04. The van der Waals surface area contributed by atoms with Crippen LogP contribution in [-0.4, -0.2) is 36.6 Å². The minimum atomic E-state index is -3.29. The first kappa shape index (κ1) is 15.8. The number of nitrogens with zero attached hydrogens (tertiary/aromatic N) is 2. The molecule has 0 bridgehead atoms. The summed E-state index contributed by atoms with van der Waals surface area (Å²) in [5.41, 5.74) is 2.81. The van der Waals surface area contributed by atoms with Gasteiger partial charge in [0.1, 0.15) is 5.76 Å². The molecule has 2 aliphatic rings. The van der Waals surface area contributed by atoms with Gasteiger partial charge in [0, 0.05) is 37.3 Å². The van der Waals surface area contributed by atoms with Crippen LogP contribution >= 0.6 is 0 Å². The number of likely N-dealkylation sites (tertiary alicyclic amines) is 1. The number of benzene rings is 1. The molecule has 0 radical (unpaired) electrons. The number of sulfone groups is 1. The standard InChI is InChI=1S/C20H18N2O3S/c23-26(24)19-7-6-14(18-5-3-9-25-18)10-16(19)17-12-22(13-20(17)26)11-15-4-1-2-8-21-15/h1-10,17,20H,11-13H2/t17-,20+/m0/s1. The van der Waals surface area contributed by atoms with Gasteiger partial charge in [-0.2, -0.15) is 0 Å². The number of pyridine rings is 1. The average Bonchev–Trinajstić information content (AvgIpc) is 3.35. The van der Waals surface area contributed by atoms with Crippen LogP contribution in [0.2, 0.25) is 0 Å². The van der Waals surface area contributed by atoms with Crippen molar-refractivity contribution >= 4 is 9.84 Å². The molecular weight excluding hydrogens is 348 g/mol. The molecule has 132 valence electrons. The van der Waals surface area contributed by atoms with Crippen molar-refractivity contribution in [1.29, 1.82) is 0 Å². The van der Waals surface area contributed by atoms with Crippen LogP contribution in [0.15, 0.2) is 70.3 Å². The topological polar surface area (TPSA) is 63.4 Å². The van der Waals surface area contributed by atoms with Gasteiger partial charge in [-0.15, -0.1) is 0 Å². The Hall–Kier alpha value is -2.44. The van der Waals surface area contributed by atoms with Crippen molar-refractivity contribution in [2.45, 2.75) is 22.6 Å². The van der Waals surface area contributed by atoms with Crippen LogP contribution < -0.4 is 0 Å². The van der Waals surface area contributed by atoms with E-state index in [1.54, 1.807) is 18.5 Å². The number of aromatic nitrogens is 1. The summed E-state index contributed by atoms with van der Waals surface area (Å²) in [5.74, 6) is 0.769. The molecule has 1 saturated heterocycles. The number of furan rings is 1. The lowest BCUT2D eigenvalue weighted by molar-refractivity contribution is 0.321. The number of hydrogen-bond donors (Lipinski definition) is 0. The fraction of sp³-hybridized carbons (Fsp3) is 0.250. The molecule has 2 aromatic heterocycles. The van der Waals surface area contributed by atoms with E-state index in [1.807, 2.05) is 42.5 Å². The van der Waals surface area contributed by atoms with Crippen molar-refractivity contribution in [3.8, 4) is 11.3 Å². The molecule has 6 heteroatoms. The predicted octanol–water partition coefficient (Wildman–Crippen LogP) is 3.10. The molecule has 26 heavy (non-hydrogen) atoms. The van der Waals surface area contributed by atoms with E-state index in [0.717, 1.165) is 29.1 Å². The van der Waals surface area contributed by atoms with E-state index in [1.165, 1.54) is 0 Å². The zero-order valence-corrected chi connectivity index (χ0v) is 14.9. The molecule has 0 saturated carbocycles. The summed E-state index contributed by atoms with van der Waals surface area (Å²) in [6.45, 7) is 1.96. The van der Waals surface area contributed by atoms with E-state index < -0.39 is 9.84 Å². The maximum atomic E-state index is 13.0. The Morgan fingerprint density at radius 1 is 1.12 bits per heavy atom. The van der Waals surface area contributed by atoms with Gasteiger partial charge in [0.25, 0.3) is 0 Å². The molecule has 5 nitrogen and oxygen atoms in total. The molecule has 4 heterocycles. The number of fused-ring (bicyclic) bond motifs is 3. The number of rotatable bonds is 3. The van der Waals surface area contributed by atoms with Gasteiger partial charge in [0.15, 0.2) is 9.84 Å². The lowest BCUT2D eigenvalue weighted by atomic mass is 9.96. The second kappa shape index (κ2) is 5.79. The third kappa shape index (κ3) is 2.40. The molecule has 2 atom stereocenters. The third-order valence-corrected chi connectivity index (χ3v) is 7.63. The highest BCUT2D eigenvalue weighted by Gasteiger charge is 2.50. The highest BCUT2D eigenvalue weighted by atomic mass is 32.2. The Morgan fingerprint density at radius 3 is 2.81 bits per heavy atom. The monoisotopic (exact) mass is 366 g/mol. The Kier molecular flexibility index (Phi) is 3.52. The van der Waals surface area contributed by atoms with Crippen molar-refractivity contribution < 1.29 is 12.8 Å². The molecule has 1 aromatic carbocycles. The van der Waals surface area contributed by atoms with Crippen LogP contribution in [0.3, 0.4) is 0 Å². The van der Waals surface area contributed by atoms with Crippen LogP contribution in [-0.2, 0) is 16.4 Å². The SMILES string of the molecule is O=S1(=O)c2ccc(-c3ccco3)cc2[C@@H]2CN(Cc3ccccn3)C[C@H]21. The molecule has 0 N–H and O–H groups in total. The van der Waals surface area contributed by atoms with E-state index >= 15 is 0 Å². The first-order valence-electron chi connectivity index (χ1n) is 8.67. The summed E-state index contributed by atoms with van der Waals surface area (Å²) in [7, 11) is -3.29. The van der Waals surface area contributed by atoms with E-state index in [-0.39, 0.29) is 11.2 Å². The van der Waals surface area contributed by atoms with Crippen LogP contribution in [0.4, 0.5) is 0 Å². The Balaban J connectivity index is 1.49. The largest absolute Gasteiger partial charge is 0.464 e. The van der Waals surface area contributed by atoms with Crippen molar-refractivity contribution in [2.24, 2.45) is 0 Å². The van der Waals surface area contributed by atoms with E-state index in [4.69, 9.17) is 4.42 Å². The van der Waals surface area contributed by atoms with E-state index in [2.05, 4.69) is 9.88 Å². The fourth-order valence-corrected chi connectivity index (χ4v) is 6.37. The maximum absolute atomic E-state index is 13.0. The van der Waals surface area contributed by atoms with Crippen LogP contribution in [0.5, 0.6) is 0 Å². The van der Waals surface area contributed by atoms with Crippen molar-refractivity contribution in [2.75, 3.05) is 13.1 Å². The zero-order chi connectivity index (χ0) is 17.7. The predicted molar refractivity (Wildman–Crippen MR) is 97.4 cm³/mol. The summed E-state index contributed by atoms with van der Waals surface area (Å²) in [6, 6.07) is 15.1. The molecule has 0 spiro atoms. The second-order valence-electron chi connectivity index (χ2n) is 6.94. The first-order chi connectivity index (χ1) is 12.6. The van der Waals surface area contributed by atoms with Gasteiger partial charge in [0.05, 0.1) is 22.1 Å². The summed E-state index contributed by atoms with van der Waals surface area (Å²) >= 11 is 0. The quantitative estimate of drug-likeness (QED) is 0.713.